The van der Waals surface area contributed by atoms with Crippen molar-refractivity contribution < 1.29 is 0 Å². The first-order valence-corrected chi connectivity index (χ1v) is 7.08. The van der Waals surface area contributed by atoms with Gasteiger partial charge in [-0.2, -0.15) is 0 Å². The summed E-state index contributed by atoms with van der Waals surface area (Å²) >= 11 is 1.80. The van der Waals surface area contributed by atoms with Crippen LogP contribution in [0.15, 0.2) is 5.38 Å². The number of rotatable bonds is 5. The highest BCUT2D eigenvalue weighted by atomic mass is 32.1. The molecule has 4 heteroatoms. The molecule has 2 N–H and O–H groups in total. The van der Waals surface area contributed by atoms with Crippen molar-refractivity contribution in [2.75, 3.05) is 19.6 Å². The van der Waals surface area contributed by atoms with Crippen LogP contribution in [0.4, 0.5) is 0 Å². The minimum absolute atomic E-state index is 0.702. The zero-order valence-electron chi connectivity index (χ0n) is 9.98. The second kappa shape index (κ2) is 5.75. The normalized spacial score (nSPS) is 21.8. The maximum atomic E-state index is 5.53. The van der Waals surface area contributed by atoms with Crippen LogP contribution in [0.5, 0.6) is 0 Å². The molecule has 1 fully saturated rings. The molecule has 0 amide bonds. The van der Waals surface area contributed by atoms with E-state index < -0.39 is 0 Å². The molecule has 0 bridgehead atoms. The summed E-state index contributed by atoms with van der Waals surface area (Å²) in [5, 5.41) is 3.45. The molecule has 1 atom stereocenters. The van der Waals surface area contributed by atoms with Crippen molar-refractivity contribution in [2.24, 2.45) is 5.73 Å². The van der Waals surface area contributed by atoms with Gasteiger partial charge in [0, 0.05) is 24.3 Å². The Bertz CT molecular complexity index is 324. The van der Waals surface area contributed by atoms with E-state index in [1.807, 2.05) is 0 Å². The summed E-state index contributed by atoms with van der Waals surface area (Å²) in [7, 11) is 0. The summed E-state index contributed by atoms with van der Waals surface area (Å²) in [6.45, 7) is 5.39. The van der Waals surface area contributed by atoms with Crippen molar-refractivity contribution >= 4 is 11.3 Å². The van der Waals surface area contributed by atoms with Crippen LogP contribution in [-0.2, 0) is 12.8 Å². The van der Waals surface area contributed by atoms with Gasteiger partial charge in [0.05, 0.1) is 10.7 Å². The molecule has 2 rings (SSSR count). The fraction of sp³-hybridized carbons (Fsp3) is 0.750. The first-order valence-electron chi connectivity index (χ1n) is 6.21. The first kappa shape index (κ1) is 12.0. The molecule has 1 aliphatic rings. The van der Waals surface area contributed by atoms with Gasteiger partial charge in [0.15, 0.2) is 0 Å². The van der Waals surface area contributed by atoms with Crippen LogP contribution in [-0.4, -0.2) is 35.6 Å². The highest BCUT2D eigenvalue weighted by molar-refractivity contribution is 7.09. The van der Waals surface area contributed by atoms with Gasteiger partial charge in [0.1, 0.15) is 0 Å². The monoisotopic (exact) mass is 239 g/mol. The second-order valence-corrected chi connectivity index (χ2v) is 5.34. The summed E-state index contributed by atoms with van der Waals surface area (Å²) < 4.78 is 0. The predicted octanol–water partition coefficient (Wildman–Crippen LogP) is 1.67. The second-order valence-electron chi connectivity index (χ2n) is 4.40. The molecule has 2 heterocycles. The molecule has 0 aromatic carbocycles. The molecule has 0 radical (unpaired) electrons. The van der Waals surface area contributed by atoms with E-state index in [0.717, 1.165) is 18.9 Å². The van der Waals surface area contributed by atoms with Crippen LogP contribution in [0.1, 0.15) is 30.5 Å². The molecule has 1 aromatic rings. The summed E-state index contributed by atoms with van der Waals surface area (Å²) in [6, 6.07) is 0.724. The van der Waals surface area contributed by atoms with Gasteiger partial charge in [-0.3, -0.25) is 0 Å². The maximum Gasteiger partial charge on any atom is 0.0943 e. The molecule has 3 nitrogen and oxygen atoms in total. The quantitative estimate of drug-likeness (QED) is 0.850. The van der Waals surface area contributed by atoms with Gasteiger partial charge < -0.3 is 10.6 Å². The van der Waals surface area contributed by atoms with Gasteiger partial charge in [-0.15, -0.1) is 11.3 Å². The molecule has 1 aliphatic heterocycles. The summed E-state index contributed by atoms with van der Waals surface area (Å²) in [4.78, 5) is 7.22. The molecule has 0 saturated carbocycles. The van der Waals surface area contributed by atoms with Gasteiger partial charge in [-0.05, 0) is 32.5 Å². The zero-order chi connectivity index (χ0) is 11.4. The molecule has 1 aromatic heterocycles. The number of likely N-dealkylation sites (tertiary alicyclic amines) is 1. The number of hydrogen-bond acceptors (Lipinski definition) is 4. The maximum absolute atomic E-state index is 5.53. The van der Waals surface area contributed by atoms with E-state index in [9.17, 15) is 0 Å². The largest absolute Gasteiger partial charge is 0.330 e. The lowest BCUT2D eigenvalue weighted by Gasteiger charge is -2.21. The third kappa shape index (κ3) is 2.81. The highest BCUT2D eigenvalue weighted by Gasteiger charge is 2.23. The van der Waals surface area contributed by atoms with E-state index in [1.165, 1.54) is 36.6 Å². The Labute approximate surface area is 102 Å². The van der Waals surface area contributed by atoms with Gasteiger partial charge in [0.2, 0.25) is 0 Å². The van der Waals surface area contributed by atoms with Crippen LogP contribution in [0.3, 0.4) is 0 Å². The zero-order valence-corrected chi connectivity index (χ0v) is 10.8. The summed E-state index contributed by atoms with van der Waals surface area (Å²) in [6.07, 6.45) is 4.72. The Morgan fingerprint density at radius 3 is 3.25 bits per heavy atom. The molecule has 90 valence electrons. The van der Waals surface area contributed by atoms with Gasteiger partial charge in [-0.25, -0.2) is 4.98 Å². The van der Waals surface area contributed by atoms with Crippen molar-refractivity contribution in [2.45, 2.75) is 38.6 Å². The van der Waals surface area contributed by atoms with E-state index in [4.69, 9.17) is 5.73 Å². The smallest absolute Gasteiger partial charge is 0.0943 e. The highest BCUT2D eigenvalue weighted by Crippen LogP contribution is 2.22. The minimum atomic E-state index is 0.702. The fourth-order valence-corrected chi connectivity index (χ4v) is 3.35. The molecule has 0 aliphatic carbocycles. The van der Waals surface area contributed by atoms with E-state index in [2.05, 4.69) is 22.2 Å². The minimum Gasteiger partial charge on any atom is -0.330 e. The Morgan fingerprint density at radius 1 is 1.62 bits per heavy atom. The lowest BCUT2D eigenvalue weighted by molar-refractivity contribution is 0.266. The molecular weight excluding hydrogens is 218 g/mol. The van der Waals surface area contributed by atoms with Crippen molar-refractivity contribution in [3.8, 4) is 0 Å². The lowest BCUT2D eigenvalue weighted by atomic mass is 10.1. The molecular formula is C12H21N3S. The predicted molar refractivity (Wildman–Crippen MR) is 68.8 cm³/mol. The van der Waals surface area contributed by atoms with Crippen LogP contribution in [0.25, 0.3) is 0 Å². The van der Waals surface area contributed by atoms with E-state index in [-0.39, 0.29) is 0 Å². The Balaban J connectivity index is 1.92. The molecule has 1 unspecified atom stereocenters. The van der Waals surface area contributed by atoms with Gasteiger partial charge in [-0.1, -0.05) is 6.92 Å². The van der Waals surface area contributed by atoms with Gasteiger partial charge >= 0.3 is 0 Å². The van der Waals surface area contributed by atoms with Crippen molar-refractivity contribution in [3.63, 3.8) is 0 Å². The Hall–Kier alpha value is -0.450. The Morgan fingerprint density at radius 2 is 2.50 bits per heavy atom. The number of likely N-dealkylation sites (N-methyl/N-ethyl adjacent to an activating group) is 1. The summed E-state index contributed by atoms with van der Waals surface area (Å²) in [5.41, 5.74) is 6.70. The number of aromatic nitrogens is 1. The fourth-order valence-electron chi connectivity index (χ4n) is 2.45. The van der Waals surface area contributed by atoms with Crippen LogP contribution >= 0.6 is 11.3 Å². The topological polar surface area (TPSA) is 42.2 Å². The molecule has 1 saturated heterocycles. The third-order valence-corrected chi connectivity index (χ3v) is 4.24. The van der Waals surface area contributed by atoms with Crippen molar-refractivity contribution in [1.29, 1.82) is 0 Å². The SMILES string of the molecule is CCN1CCCC1Cc1nc(CCN)cs1. The van der Waals surface area contributed by atoms with Crippen molar-refractivity contribution in [3.05, 3.63) is 16.1 Å². The number of hydrogen-bond donors (Lipinski definition) is 1. The van der Waals surface area contributed by atoms with E-state index in [0.29, 0.717) is 6.54 Å². The van der Waals surface area contributed by atoms with Gasteiger partial charge in [0.25, 0.3) is 0 Å². The van der Waals surface area contributed by atoms with E-state index in [1.54, 1.807) is 11.3 Å². The standard InChI is InChI=1S/C12H21N3S/c1-2-15-7-3-4-11(15)8-12-14-10(5-6-13)9-16-12/h9,11H,2-8,13H2,1H3. The number of nitrogens with zero attached hydrogens (tertiary/aromatic N) is 2. The van der Waals surface area contributed by atoms with Crippen LogP contribution in [0.2, 0.25) is 0 Å². The number of thiazole rings is 1. The van der Waals surface area contributed by atoms with E-state index >= 15 is 0 Å². The first-order chi connectivity index (χ1) is 7.83. The van der Waals surface area contributed by atoms with Crippen LogP contribution < -0.4 is 5.73 Å². The van der Waals surface area contributed by atoms with Crippen LogP contribution in [0, 0.1) is 0 Å². The average Bonchev–Trinajstić information content (AvgIpc) is 2.89. The molecule has 0 spiro atoms. The third-order valence-electron chi connectivity index (χ3n) is 3.32. The lowest BCUT2D eigenvalue weighted by Crippen LogP contribution is -2.30. The molecule has 16 heavy (non-hydrogen) atoms. The Kier molecular flexibility index (Phi) is 4.32. The summed E-state index contributed by atoms with van der Waals surface area (Å²) in [5.74, 6) is 0. The number of nitrogens with two attached hydrogens (primary N) is 1. The van der Waals surface area contributed by atoms with Crippen molar-refractivity contribution in [1.82, 2.24) is 9.88 Å². The average molecular weight is 239 g/mol.